The van der Waals surface area contributed by atoms with Crippen molar-refractivity contribution in [3.63, 3.8) is 0 Å². The molecule has 0 atom stereocenters. The minimum atomic E-state index is -0.728. The molecule has 0 saturated carbocycles. The summed E-state index contributed by atoms with van der Waals surface area (Å²) in [6, 6.07) is 1.62. The maximum atomic E-state index is 11.3. The molecule has 0 fully saturated rings. The SMILES string of the molecule is COC(=O)C(=Cc1cnccc1OC)N=[N+]=[N-]. The first-order valence-corrected chi connectivity index (χ1v) is 4.56. The fourth-order valence-electron chi connectivity index (χ4n) is 1.12. The smallest absolute Gasteiger partial charge is 0.340 e. The van der Waals surface area contributed by atoms with Crippen molar-refractivity contribution in [2.24, 2.45) is 5.11 Å². The van der Waals surface area contributed by atoms with Crippen LogP contribution in [0.15, 0.2) is 29.3 Å². The molecule has 17 heavy (non-hydrogen) atoms. The molecule has 7 nitrogen and oxygen atoms in total. The number of ether oxygens (including phenoxy) is 2. The number of carbonyl (C=O) groups excluding carboxylic acids is 1. The van der Waals surface area contributed by atoms with Crippen molar-refractivity contribution in [1.29, 1.82) is 0 Å². The van der Waals surface area contributed by atoms with Gasteiger partial charge in [-0.05, 0) is 17.7 Å². The summed E-state index contributed by atoms with van der Waals surface area (Å²) < 4.78 is 9.54. The largest absolute Gasteiger partial charge is 0.496 e. The molecular weight excluding hydrogens is 224 g/mol. The van der Waals surface area contributed by atoms with Gasteiger partial charge in [-0.3, -0.25) is 4.98 Å². The van der Waals surface area contributed by atoms with Gasteiger partial charge in [0.15, 0.2) is 0 Å². The van der Waals surface area contributed by atoms with E-state index in [2.05, 4.69) is 19.7 Å². The molecule has 88 valence electrons. The van der Waals surface area contributed by atoms with Crippen LogP contribution in [0.5, 0.6) is 5.75 Å². The Kier molecular flexibility index (Phi) is 4.53. The van der Waals surface area contributed by atoms with Crippen molar-refractivity contribution in [1.82, 2.24) is 4.98 Å². The highest BCUT2D eigenvalue weighted by Crippen LogP contribution is 2.20. The van der Waals surface area contributed by atoms with Crippen LogP contribution >= 0.6 is 0 Å². The second-order valence-electron chi connectivity index (χ2n) is 2.83. The predicted molar refractivity (Wildman–Crippen MR) is 59.9 cm³/mol. The highest BCUT2D eigenvalue weighted by molar-refractivity contribution is 5.93. The first-order chi connectivity index (χ1) is 8.22. The third-order valence-electron chi connectivity index (χ3n) is 1.87. The zero-order chi connectivity index (χ0) is 12.7. The maximum absolute atomic E-state index is 11.3. The van der Waals surface area contributed by atoms with E-state index in [4.69, 9.17) is 10.3 Å². The van der Waals surface area contributed by atoms with Gasteiger partial charge in [0.25, 0.3) is 0 Å². The Labute approximate surface area is 97.3 Å². The minimum absolute atomic E-state index is 0.165. The number of nitrogens with zero attached hydrogens (tertiary/aromatic N) is 4. The van der Waals surface area contributed by atoms with Gasteiger partial charge in [-0.1, -0.05) is 5.11 Å². The van der Waals surface area contributed by atoms with Crippen LogP contribution in [0.2, 0.25) is 0 Å². The number of esters is 1. The van der Waals surface area contributed by atoms with Gasteiger partial charge in [-0.25, -0.2) is 4.79 Å². The normalized spacial score (nSPS) is 10.4. The summed E-state index contributed by atoms with van der Waals surface area (Å²) in [5.41, 5.74) is 8.70. The van der Waals surface area contributed by atoms with Crippen LogP contribution < -0.4 is 4.74 Å². The Morgan fingerprint density at radius 1 is 1.59 bits per heavy atom. The number of rotatable bonds is 4. The van der Waals surface area contributed by atoms with E-state index in [9.17, 15) is 4.79 Å². The quantitative estimate of drug-likeness (QED) is 0.261. The summed E-state index contributed by atoms with van der Waals surface area (Å²) in [7, 11) is 2.68. The van der Waals surface area contributed by atoms with Crippen molar-refractivity contribution in [2.75, 3.05) is 14.2 Å². The lowest BCUT2D eigenvalue weighted by Crippen LogP contribution is -2.02. The molecule has 0 aliphatic heterocycles. The van der Waals surface area contributed by atoms with Crippen LogP contribution in [0.1, 0.15) is 5.56 Å². The van der Waals surface area contributed by atoms with Gasteiger partial charge >= 0.3 is 5.97 Å². The zero-order valence-electron chi connectivity index (χ0n) is 9.32. The molecule has 0 aromatic carbocycles. The molecule has 0 spiro atoms. The topological polar surface area (TPSA) is 97.2 Å². The van der Waals surface area contributed by atoms with E-state index in [1.54, 1.807) is 12.3 Å². The van der Waals surface area contributed by atoms with E-state index in [0.717, 1.165) is 0 Å². The molecule has 7 heteroatoms. The summed E-state index contributed by atoms with van der Waals surface area (Å²) in [5.74, 6) is -0.219. The molecule has 0 N–H and O–H groups in total. The molecule has 0 bridgehead atoms. The van der Waals surface area contributed by atoms with Crippen LogP contribution in [-0.2, 0) is 9.53 Å². The van der Waals surface area contributed by atoms with Gasteiger partial charge < -0.3 is 9.47 Å². The molecule has 0 unspecified atom stereocenters. The van der Waals surface area contributed by atoms with E-state index in [1.165, 1.54) is 26.5 Å². The zero-order valence-corrected chi connectivity index (χ0v) is 9.32. The van der Waals surface area contributed by atoms with Gasteiger partial charge in [0.05, 0.1) is 14.2 Å². The average Bonchev–Trinajstić information content (AvgIpc) is 2.38. The van der Waals surface area contributed by atoms with Gasteiger partial charge in [0.1, 0.15) is 11.4 Å². The van der Waals surface area contributed by atoms with E-state index in [0.29, 0.717) is 11.3 Å². The fraction of sp³-hybridized carbons (Fsp3) is 0.200. The van der Waals surface area contributed by atoms with Crippen molar-refractivity contribution in [3.8, 4) is 5.75 Å². The van der Waals surface area contributed by atoms with Crippen molar-refractivity contribution in [2.45, 2.75) is 0 Å². The Morgan fingerprint density at radius 2 is 2.35 bits per heavy atom. The number of carbonyl (C=O) groups is 1. The third-order valence-corrected chi connectivity index (χ3v) is 1.87. The Bertz CT molecular complexity index is 492. The summed E-state index contributed by atoms with van der Waals surface area (Å²) in [4.78, 5) is 17.7. The predicted octanol–water partition coefficient (Wildman–Crippen LogP) is 1.91. The molecule has 1 rings (SSSR count). The van der Waals surface area contributed by atoms with E-state index in [1.807, 2.05) is 0 Å². The monoisotopic (exact) mass is 234 g/mol. The lowest BCUT2D eigenvalue weighted by Gasteiger charge is -2.04. The fourth-order valence-corrected chi connectivity index (χ4v) is 1.12. The molecule has 0 aliphatic rings. The highest BCUT2D eigenvalue weighted by atomic mass is 16.5. The highest BCUT2D eigenvalue weighted by Gasteiger charge is 2.09. The van der Waals surface area contributed by atoms with Crippen LogP contribution in [-0.4, -0.2) is 25.2 Å². The second-order valence-corrected chi connectivity index (χ2v) is 2.83. The number of pyridine rings is 1. The van der Waals surface area contributed by atoms with Gasteiger partial charge in [0.2, 0.25) is 0 Å². The Hall–Kier alpha value is -2.53. The van der Waals surface area contributed by atoms with E-state index >= 15 is 0 Å². The van der Waals surface area contributed by atoms with Crippen LogP contribution in [0.4, 0.5) is 0 Å². The summed E-state index contributed by atoms with van der Waals surface area (Å²) in [5, 5.41) is 3.25. The van der Waals surface area contributed by atoms with Crippen LogP contribution in [0.3, 0.4) is 0 Å². The lowest BCUT2D eigenvalue weighted by atomic mass is 10.2. The molecule has 0 amide bonds. The van der Waals surface area contributed by atoms with Crippen LogP contribution in [0, 0.1) is 0 Å². The van der Waals surface area contributed by atoms with Gasteiger partial charge in [-0.15, -0.1) is 0 Å². The Morgan fingerprint density at radius 3 is 2.94 bits per heavy atom. The molecule has 1 heterocycles. The van der Waals surface area contributed by atoms with Crippen molar-refractivity contribution in [3.05, 3.63) is 40.2 Å². The molecule has 1 aromatic heterocycles. The number of hydrogen-bond donors (Lipinski definition) is 0. The first kappa shape index (κ1) is 12.5. The standard InChI is InChI=1S/C10H10N4O3/c1-16-9-3-4-12-6-7(9)5-8(13-14-11)10(15)17-2/h3-6H,1-2H3. The Balaban J connectivity index is 3.21. The molecule has 0 radical (unpaired) electrons. The molecular formula is C10H10N4O3. The number of hydrogen-bond acceptors (Lipinski definition) is 5. The average molecular weight is 234 g/mol. The molecule has 1 aromatic rings. The number of azide groups is 1. The maximum Gasteiger partial charge on any atom is 0.340 e. The van der Waals surface area contributed by atoms with Gasteiger partial charge in [-0.2, -0.15) is 0 Å². The second kappa shape index (κ2) is 6.14. The van der Waals surface area contributed by atoms with E-state index < -0.39 is 5.97 Å². The summed E-state index contributed by atoms with van der Waals surface area (Å²) >= 11 is 0. The van der Waals surface area contributed by atoms with Crippen molar-refractivity contribution >= 4 is 12.0 Å². The number of methoxy groups -OCH3 is 2. The van der Waals surface area contributed by atoms with Crippen LogP contribution in [0.25, 0.3) is 16.5 Å². The summed E-state index contributed by atoms with van der Waals surface area (Å²) in [6.45, 7) is 0. The lowest BCUT2D eigenvalue weighted by molar-refractivity contribution is -0.136. The minimum Gasteiger partial charge on any atom is -0.496 e. The van der Waals surface area contributed by atoms with E-state index in [-0.39, 0.29) is 5.70 Å². The molecule has 0 saturated heterocycles. The third kappa shape index (κ3) is 3.22. The first-order valence-electron chi connectivity index (χ1n) is 4.56. The van der Waals surface area contributed by atoms with Gasteiger partial charge in [0, 0.05) is 22.9 Å². The number of aromatic nitrogens is 1. The van der Waals surface area contributed by atoms with Crippen molar-refractivity contribution < 1.29 is 14.3 Å². The summed E-state index contributed by atoms with van der Waals surface area (Å²) in [6.07, 6.45) is 4.37. The molecule has 0 aliphatic carbocycles.